The number of nitrogens with zero attached hydrogens (tertiary/aromatic N) is 1. The second-order valence-electron chi connectivity index (χ2n) is 7.81. The summed E-state index contributed by atoms with van der Waals surface area (Å²) in [5, 5.41) is 0. The van der Waals surface area contributed by atoms with Gasteiger partial charge in [-0.2, -0.15) is 0 Å². The van der Waals surface area contributed by atoms with Gasteiger partial charge in [0, 0.05) is 5.41 Å². The van der Waals surface area contributed by atoms with Crippen LogP contribution in [0.1, 0.15) is 66.7 Å². The summed E-state index contributed by atoms with van der Waals surface area (Å²) in [5.74, 6) is 0. The largest absolute Gasteiger partial charge is 0.449 e. The predicted octanol–water partition coefficient (Wildman–Crippen LogP) is 3.94. The lowest BCUT2D eigenvalue weighted by atomic mass is 9.76. The Morgan fingerprint density at radius 3 is 2.20 bits per heavy atom. The fraction of sp³-hybridized carbons (Fsp3) is 0.938. The van der Waals surface area contributed by atoms with E-state index >= 15 is 0 Å². The molecule has 1 heterocycles. The molecular weight excluding hydrogens is 254 g/mol. The molecule has 0 aromatic rings. The maximum Gasteiger partial charge on any atom is 0.412 e. The summed E-state index contributed by atoms with van der Waals surface area (Å²) in [4.78, 5) is 14.2. The summed E-state index contributed by atoms with van der Waals surface area (Å²) in [7, 11) is 0. The first-order valence-electron chi connectivity index (χ1n) is 7.77. The van der Waals surface area contributed by atoms with Crippen molar-refractivity contribution in [3.8, 4) is 0 Å². The molecule has 0 bridgehead atoms. The van der Waals surface area contributed by atoms with Crippen molar-refractivity contribution in [2.75, 3.05) is 13.2 Å². The van der Waals surface area contributed by atoms with Gasteiger partial charge in [0.05, 0.1) is 18.8 Å². The Hall–Kier alpha value is -0.770. The quantitative estimate of drug-likeness (QED) is 0.770. The molecule has 0 unspecified atom stereocenters. The zero-order valence-corrected chi connectivity index (χ0v) is 13.6. The van der Waals surface area contributed by atoms with Gasteiger partial charge in [0.2, 0.25) is 0 Å². The van der Waals surface area contributed by atoms with Gasteiger partial charge in [-0.25, -0.2) is 4.79 Å². The number of carbonyl (C=O) groups is 1. The fourth-order valence-electron chi connectivity index (χ4n) is 3.53. The SMILES string of the molecule is CC1(COC(=O)N2C(C)(C)COC2(C)C)CCCCC1. The molecule has 1 aliphatic heterocycles. The second-order valence-corrected chi connectivity index (χ2v) is 7.81. The Balaban J connectivity index is 1.97. The highest BCUT2D eigenvalue weighted by atomic mass is 16.6. The molecule has 0 spiro atoms. The zero-order chi connectivity index (χ0) is 15.0. The van der Waals surface area contributed by atoms with Gasteiger partial charge in [-0.05, 0) is 40.5 Å². The van der Waals surface area contributed by atoms with E-state index in [1.165, 1.54) is 19.3 Å². The summed E-state index contributed by atoms with van der Waals surface area (Å²) < 4.78 is 11.4. The molecule has 4 nitrogen and oxygen atoms in total. The summed E-state index contributed by atoms with van der Waals surface area (Å²) in [6.07, 6.45) is 5.87. The van der Waals surface area contributed by atoms with E-state index in [9.17, 15) is 4.79 Å². The molecule has 0 atom stereocenters. The summed E-state index contributed by atoms with van der Waals surface area (Å²) in [5.41, 5.74) is -0.745. The van der Waals surface area contributed by atoms with Crippen LogP contribution in [0.2, 0.25) is 0 Å². The van der Waals surface area contributed by atoms with Crippen molar-refractivity contribution in [2.45, 2.75) is 78.0 Å². The number of rotatable bonds is 2. The van der Waals surface area contributed by atoms with Crippen LogP contribution >= 0.6 is 0 Å². The van der Waals surface area contributed by atoms with E-state index in [0.717, 1.165) is 12.8 Å². The first-order valence-corrected chi connectivity index (χ1v) is 7.77. The lowest BCUT2D eigenvalue weighted by Gasteiger charge is -2.38. The molecule has 2 aliphatic rings. The zero-order valence-electron chi connectivity index (χ0n) is 13.6. The van der Waals surface area contributed by atoms with Crippen molar-refractivity contribution in [1.82, 2.24) is 4.90 Å². The number of hydrogen-bond acceptors (Lipinski definition) is 3. The van der Waals surface area contributed by atoms with Gasteiger partial charge in [0.1, 0.15) is 5.72 Å². The van der Waals surface area contributed by atoms with Crippen molar-refractivity contribution >= 4 is 6.09 Å². The summed E-state index contributed by atoms with van der Waals surface area (Å²) in [6, 6.07) is 0. The van der Waals surface area contributed by atoms with E-state index in [0.29, 0.717) is 13.2 Å². The number of carbonyl (C=O) groups excluding carboxylic acids is 1. The molecule has 0 N–H and O–H groups in total. The van der Waals surface area contributed by atoms with Crippen LogP contribution in [-0.2, 0) is 9.47 Å². The molecule has 4 heteroatoms. The Kier molecular flexibility index (Phi) is 4.07. The van der Waals surface area contributed by atoms with Gasteiger partial charge in [0.25, 0.3) is 0 Å². The van der Waals surface area contributed by atoms with Gasteiger partial charge in [0.15, 0.2) is 0 Å². The molecule has 0 aromatic carbocycles. The van der Waals surface area contributed by atoms with Crippen LogP contribution < -0.4 is 0 Å². The molecule has 1 aliphatic carbocycles. The average molecular weight is 283 g/mol. The van der Waals surface area contributed by atoms with E-state index in [2.05, 4.69) is 6.92 Å². The molecule has 0 aromatic heterocycles. The van der Waals surface area contributed by atoms with Gasteiger partial charge < -0.3 is 9.47 Å². The van der Waals surface area contributed by atoms with E-state index in [1.54, 1.807) is 4.90 Å². The molecule has 1 saturated carbocycles. The smallest absolute Gasteiger partial charge is 0.412 e. The molecule has 1 amide bonds. The highest BCUT2D eigenvalue weighted by Gasteiger charge is 2.50. The summed E-state index contributed by atoms with van der Waals surface area (Å²) >= 11 is 0. The monoisotopic (exact) mass is 283 g/mol. The first-order chi connectivity index (χ1) is 9.16. The van der Waals surface area contributed by atoms with Crippen LogP contribution in [0.4, 0.5) is 4.79 Å². The van der Waals surface area contributed by atoms with Crippen molar-refractivity contribution in [2.24, 2.45) is 5.41 Å². The Labute approximate surface area is 122 Å². The fourth-order valence-corrected chi connectivity index (χ4v) is 3.53. The number of hydrogen-bond donors (Lipinski definition) is 0. The predicted molar refractivity (Wildman–Crippen MR) is 78.5 cm³/mol. The Bertz CT molecular complexity index is 354. The maximum atomic E-state index is 12.5. The van der Waals surface area contributed by atoms with Crippen LogP contribution in [0, 0.1) is 5.41 Å². The molecule has 2 rings (SSSR count). The van der Waals surface area contributed by atoms with Gasteiger partial charge in [-0.1, -0.05) is 26.2 Å². The molecule has 0 radical (unpaired) electrons. The van der Waals surface area contributed by atoms with Crippen LogP contribution in [0.15, 0.2) is 0 Å². The summed E-state index contributed by atoms with van der Waals surface area (Å²) in [6.45, 7) is 11.2. The standard InChI is InChI=1S/C16H29NO3/c1-14(2)11-20-15(3,4)17(14)13(18)19-12-16(5)9-7-6-8-10-16/h6-12H2,1-5H3. The highest BCUT2D eigenvalue weighted by Crippen LogP contribution is 2.38. The molecular formula is C16H29NO3. The van der Waals surface area contributed by atoms with E-state index in [-0.39, 0.29) is 17.0 Å². The lowest BCUT2D eigenvalue weighted by Crippen LogP contribution is -2.53. The van der Waals surface area contributed by atoms with E-state index in [4.69, 9.17) is 9.47 Å². The first kappa shape index (κ1) is 15.6. The van der Waals surface area contributed by atoms with E-state index < -0.39 is 5.72 Å². The van der Waals surface area contributed by atoms with Crippen molar-refractivity contribution in [3.05, 3.63) is 0 Å². The molecule has 116 valence electrons. The molecule has 20 heavy (non-hydrogen) atoms. The molecule has 2 fully saturated rings. The second kappa shape index (κ2) is 5.21. The molecule has 1 saturated heterocycles. The van der Waals surface area contributed by atoms with E-state index in [1.807, 2.05) is 27.7 Å². The third-order valence-electron chi connectivity index (χ3n) is 4.71. The van der Waals surface area contributed by atoms with Gasteiger partial charge in [-0.15, -0.1) is 0 Å². The van der Waals surface area contributed by atoms with Gasteiger partial charge in [-0.3, -0.25) is 4.90 Å². The van der Waals surface area contributed by atoms with Crippen molar-refractivity contribution in [1.29, 1.82) is 0 Å². The number of ether oxygens (including phenoxy) is 2. The third-order valence-corrected chi connectivity index (χ3v) is 4.71. The van der Waals surface area contributed by atoms with Crippen LogP contribution in [0.5, 0.6) is 0 Å². The minimum Gasteiger partial charge on any atom is -0.449 e. The van der Waals surface area contributed by atoms with Crippen LogP contribution in [-0.4, -0.2) is 35.5 Å². The van der Waals surface area contributed by atoms with Gasteiger partial charge >= 0.3 is 6.09 Å². The maximum absolute atomic E-state index is 12.5. The minimum atomic E-state index is -0.589. The normalized spacial score (nSPS) is 27.4. The minimum absolute atomic E-state index is 0.156. The third kappa shape index (κ3) is 3.11. The number of amides is 1. The highest BCUT2D eigenvalue weighted by molar-refractivity contribution is 5.70. The van der Waals surface area contributed by atoms with Crippen LogP contribution in [0.3, 0.4) is 0 Å². The van der Waals surface area contributed by atoms with Crippen molar-refractivity contribution in [3.63, 3.8) is 0 Å². The Morgan fingerprint density at radius 2 is 1.70 bits per heavy atom. The lowest BCUT2D eigenvalue weighted by molar-refractivity contribution is -0.0582. The van der Waals surface area contributed by atoms with Crippen LogP contribution in [0.25, 0.3) is 0 Å². The Morgan fingerprint density at radius 1 is 1.10 bits per heavy atom. The van der Waals surface area contributed by atoms with Crippen molar-refractivity contribution < 1.29 is 14.3 Å². The topological polar surface area (TPSA) is 38.8 Å². The average Bonchev–Trinajstić information content (AvgIpc) is 2.57.